The van der Waals surface area contributed by atoms with Crippen molar-refractivity contribution in [3.8, 4) is 0 Å². The number of amides is 1. The summed E-state index contributed by atoms with van der Waals surface area (Å²) >= 11 is 0. The summed E-state index contributed by atoms with van der Waals surface area (Å²) in [4.78, 5) is 11.0. The highest BCUT2D eigenvalue weighted by Gasteiger charge is 2.27. The van der Waals surface area contributed by atoms with E-state index in [1.807, 2.05) is 0 Å². The second kappa shape index (κ2) is 16.8. The van der Waals surface area contributed by atoms with Crippen molar-refractivity contribution >= 4 is 5.91 Å². The number of aliphatic hydroxyl groups excluding tert-OH is 2. The Labute approximate surface area is 153 Å². The fourth-order valence-electron chi connectivity index (χ4n) is 3.10. The van der Waals surface area contributed by atoms with E-state index < -0.39 is 24.9 Å². The highest BCUT2D eigenvalue weighted by Crippen LogP contribution is 2.16. The molecule has 0 aliphatic rings. The number of carbonyl (C=O) groups is 1. The maximum Gasteiger partial charge on any atom is 0.217 e. The molecule has 3 N–H and O–H groups in total. The minimum absolute atomic E-state index is 0.272. The van der Waals surface area contributed by atoms with E-state index >= 15 is 0 Å². The van der Waals surface area contributed by atoms with Crippen molar-refractivity contribution in [1.29, 1.82) is 0 Å². The first kappa shape index (κ1) is 24.3. The first-order chi connectivity index (χ1) is 12.0. The van der Waals surface area contributed by atoms with Gasteiger partial charge in [-0.2, -0.15) is 0 Å². The molecule has 0 unspecified atom stereocenters. The van der Waals surface area contributed by atoms with Gasteiger partial charge in [0.2, 0.25) is 5.91 Å². The van der Waals surface area contributed by atoms with Gasteiger partial charge in [0.05, 0.1) is 12.6 Å². The maximum absolute atomic E-state index is 14.0. The van der Waals surface area contributed by atoms with E-state index in [1.54, 1.807) is 0 Å². The van der Waals surface area contributed by atoms with Crippen LogP contribution in [0.4, 0.5) is 4.39 Å². The lowest BCUT2D eigenvalue weighted by atomic mass is 10.0. The van der Waals surface area contributed by atoms with Gasteiger partial charge >= 0.3 is 0 Å². The second-order valence-corrected chi connectivity index (χ2v) is 7.17. The lowest BCUT2D eigenvalue weighted by Crippen LogP contribution is -2.49. The first-order valence-electron chi connectivity index (χ1n) is 10.2. The van der Waals surface area contributed by atoms with Gasteiger partial charge in [-0.15, -0.1) is 0 Å². The van der Waals surface area contributed by atoms with Crippen molar-refractivity contribution in [3.05, 3.63) is 0 Å². The summed E-state index contributed by atoms with van der Waals surface area (Å²) in [5, 5.41) is 21.4. The molecule has 0 bridgehead atoms. The number of hydrogen-bond donors (Lipinski definition) is 3. The Balaban J connectivity index is 3.53. The third kappa shape index (κ3) is 14.2. The zero-order valence-electron chi connectivity index (χ0n) is 16.3. The van der Waals surface area contributed by atoms with Crippen LogP contribution in [-0.4, -0.2) is 41.0 Å². The molecule has 0 aromatic heterocycles. The molecule has 0 spiro atoms. The van der Waals surface area contributed by atoms with E-state index in [9.17, 15) is 14.3 Å². The predicted octanol–water partition coefficient (Wildman–Crippen LogP) is 4.27. The van der Waals surface area contributed by atoms with E-state index in [4.69, 9.17) is 5.11 Å². The zero-order chi connectivity index (χ0) is 18.9. The molecule has 150 valence electrons. The van der Waals surface area contributed by atoms with E-state index in [1.165, 1.54) is 64.7 Å². The molecule has 0 rings (SSSR count). The number of rotatable bonds is 17. The number of unbranched alkanes of at least 4 members (excludes halogenated alkanes) is 11. The Hall–Kier alpha value is -0.680. The molecule has 1 amide bonds. The number of nitrogens with one attached hydrogen (secondary N) is 1. The summed E-state index contributed by atoms with van der Waals surface area (Å²) in [6.07, 6.45) is 12.1. The second-order valence-electron chi connectivity index (χ2n) is 7.17. The first-order valence-corrected chi connectivity index (χ1v) is 10.2. The summed E-state index contributed by atoms with van der Waals surface area (Å²) in [5.74, 6) is -0.379. The average molecular weight is 362 g/mol. The van der Waals surface area contributed by atoms with Crippen molar-refractivity contribution < 1.29 is 19.4 Å². The molecule has 25 heavy (non-hydrogen) atoms. The number of alkyl halides is 1. The summed E-state index contributed by atoms with van der Waals surface area (Å²) in [5.41, 5.74) is 0. The maximum atomic E-state index is 14.0. The number of hydrogen-bond acceptors (Lipinski definition) is 3. The van der Waals surface area contributed by atoms with Crippen LogP contribution in [0.15, 0.2) is 0 Å². The average Bonchev–Trinajstić information content (AvgIpc) is 2.59. The lowest BCUT2D eigenvalue weighted by Gasteiger charge is -2.24. The van der Waals surface area contributed by atoms with Crippen LogP contribution in [-0.2, 0) is 4.79 Å². The van der Waals surface area contributed by atoms with E-state index in [-0.39, 0.29) is 12.3 Å². The third-order valence-corrected chi connectivity index (χ3v) is 4.70. The number of halogens is 1. The molecule has 0 saturated heterocycles. The minimum atomic E-state index is -1.41. The molecule has 0 aliphatic carbocycles. The Bertz CT molecular complexity index is 315. The van der Waals surface area contributed by atoms with E-state index in [0.29, 0.717) is 0 Å². The molecule has 0 aromatic carbocycles. The van der Waals surface area contributed by atoms with Gasteiger partial charge < -0.3 is 15.5 Å². The van der Waals surface area contributed by atoms with Crippen LogP contribution in [0.25, 0.3) is 0 Å². The summed E-state index contributed by atoms with van der Waals surface area (Å²) in [6.45, 7) is 3.06. The highest BCUT2D eigenvalue weighted by molar-refractivity contribution is 5.73. The minimum Gasteiger partial charge on any atom is -0.394 e. The Morgan fingerprint density at radius 3 is 1.76 bits per heavy atom. The smallest absolute Gasteiger partial charge is 0.217 e. The van der Waals surface area contributed by atoms with Gasteiger partial charge in [-0.25, -0.2) is 4.39 Å². The fraction of sp³-hybridized carbons (Fsp3) is 0.950. The van der Waals surface area contributed by atoms with Crippen molar-refractivity contribution in [2.75, 3.05) is 6.61 Å². The quantitative estimate of drug-likeness (QED) is 0.339. The molecule has 0 saturated carbocycles. The topological polar surface area (TPSA) is 69.6 Å². The van der Waals surface area contributed by atoms with Gasteiger partial charge in [-0.1, -0.05) is 84.0 Å². The van der Waals surface area contributed by atoms with Crippen LogP contribution in [0.5, 0.6) is 0 Å². The highest BCUT2D eigenvalue weighted by atomic mass is 19.1. The molecule has 3 atom stereocenters. The zero-order valence-corrected chi connectivity index (χ0v) is 16.3. The van der Waals surface area contributed by atoms with Crippen molar-refractivity contribution in [3.63, 3.8) is 0 Å². The normalized spacial score (nSPS) is 14.9. The Morgan fingerprint density at radius 1 is 0.920 bits per heavy atom. The van der Waals surface area contributed by atoms with E-state index in [0.717, 1.165) is 19.3 Å². The molecule has 0 heterocycles. The Morgan fingerprint density at radius 2 is 1.36 bits per heavy atom. The van der Waals surface area contributed by atoms with Gasteiger partial charge in [-0.05, 0) is 6.42 Å². The van der Waals surface area contributed by atoms with Crippen LogP contribution >= 0.6 is 0 Å². The van der Waals surface area contributed by atoms with Crippen LogP contribution in [0.2, 0.25) is 0 Å². The standard InChI is InChI=1S/C20H40FNO3/c1-3-4-5-6-7-8-9-10-11-12-13-14-15-18(21)20(25)19(16-23)22-17(2)24/h18-20,23,25H,3-16H2,1-2H3,(H,22,24)/t18-,19-,20+/m0/s1. The van der Waals surface area contributed by atoms with Crippen LogP contribution in [0, 0.1) is 0 Å². The van der Waals surface area contributed by atoms with Gasteiger partial charge in [0.25, 0.3) is 0 Å². The van der Waals surface area contributed by atoms with Crippen molar-refractivity contribution in [2.45, 2.75) is 116 Å². The SMILES string of the molecule is CCCCCCCCCCCCCC[C@H](F)[C@@H](O)[C@H](CO)NC(C)=O. The van der Waals surface area contributed by atoms with Crippen LogP contribution in [0.3, 0.4) is 0 Å². The predicted molar refractivity (Wildman–Crippen MR) is 101 cm³/mol. The molecule has 0 aromatic rings. The molecule has 0 fully saturated rings. The van der Waals surface area contributed by atoms with Gasteiger partial charge in [0.15, 0.2) is 0 Å². The lowest BCUT2D eigenvalue weighted by molar-refractivity contribution is -0.121. The largest absolute Gasteiger partial charge is 0.394 e. The van der Waals surface area contributed by atoms with Crippen LogP contribution in [0.1, 0.15) is 97.3 Å². The summed E-state index contributed by atoms with van der Waals surface area (Å²) in [7, 11) is 0. The third-order valence-electron chi connectivity index (χ3n) is 4.70. The van der Waals surface area contributed by atoms with Gasteiger partial charge in [0, 0.05) is 6.92 Å². The van der Waals surface area contributed by atoms with Gasteiger partial charge in [-0.3, -0.25) is 4.79 Å². The Kier molecular flexibility index (Phi) is 16.3. The monoisotopic (exact) mass is 361 g/mol. The molecule has 5 heteroatoms. The fourth-order valence-corrected chi connectivity index (χ4v) is 3.10. The number of carbonyl (C=O) groups excluding carboxylic acids is 1. The molecule has 0 radical (unpaired) electrons. The van der Waals surface area contributed by atoms with Gasteiger partial charge in [0.1, 0.15) is 12.3 Å². The summed E-state index contributed by atoms with van der Waals surface area (Å²) in [6, 6.07) is -0.926. The molecule has 0 aliphatic heterocycles. The summed E-state index contributed by atoms with van der Waals surface area (Å²) < 4.78 is 14.0. The van der Waals surface area contributed by atoms with Crippen molar-refractivity contribution in [1.82, 2.24) is 5.32 Å². The molecular weight excluding hydrogens is 321 g/mol. The van der Waals surface area contributed by atoms with Crippen molar-refractivity contribution in [2.24, 2.45) is 0 Å². The van der Waals surface area contributed by atoms with Crippen LogP contribution < -0.4 is 5.32 Å². The number of aliphatic hydroxyl groups is 2. The molecule has 4 nitrogen and oxygen atoms in total. The van der Waals surface area contributed by atoms with E-state index in [2.05, 4.69) is 12.2 Å². The molecular formula is C20H40FNO3.